The van der Waals surface area contributed by atoms with E-state index in [-0.39, 0.29) is 22.4 Å². The maximum absolute atomic E-state index is 11.6. The number of rotatable bonds is 7. The molecule has 0 bridgehead atoms. The van der Waals surface area contributed by atoms with E-state index in [0.717, 1.165) is 16.2 Å². The van der Waals surface area contributed by atoms with E-state index in [1.807, 2.05) is 13.8 Å². The zero-order valence-electron chi connectivity index (χ0n) is 10.6. The van der Waals surface area contributed by atoms with Crippen LogP contribution in [0.15, 0.2) is 16.3 Å². The van der Waals surface area contributed by atoms with Gasteiger partial charge in [-0.2, -0.15) is 0 Å². The molecule has 110 valence electrons. The van der Waals surface area contributed by atoms with Crippen LogP contribution in [-0.4, -0.2) is 29.1 Å². The molecule has 0 aliphatic carbocycles. The lowest BCUT2D eigenvalue weighted by atomic mass is 10.3. The lowest BCUT2D eigenvalue weighted by Crippen LogP contribution is -2.30. The van der Waals surface area contributed by atoms with E-state index in [9.17, 15) is 16.8 Å². The summed E-state index contributed by atoms with van der Waals surface area (Å²) in [4.78, 5) is 0.770. The third-order valence-corrected chi connectivity index (χ3v) is 7.11. The van der Waals surface area contributed by atoms with E-state index < -0.39 is 19.1 Å². The van der Waals surface area contributed by atoms with Gasteiger partial charge in [0.25, 0.3) is 9.05 Å². The molecule has 0 saturated heterocycles. The minimum atomic E-state index is -3.70. The van der Waals surface area contributed by atoms with Crippen LogP contribution in [-0.2, 0) is 25.5 Å². The summed E-state index contributed by atoms with van der Waals surface area (Å²) in [5.41, 5.74) is 0. The smallest absolute Gasteiger partial charge is 0.215 e. The third kappa shape index (κ3) is 6.22. The fourth-order valence-corrected chi connectivity index (χ4v) is 4.98. The first-order valence-corrected chi connectivity index (χ1v) is 10.4. The molecule has 1 heterocycles. The highest BCUT2D eigenvalue weighted by Crippen LogP contribution is 2.24. The van der Waals surface area contributed by atoms with Crippen molar-refractivity contribution in [2.75, 3.05) is 12.3 Å². The Bertz CT molecular complexity index is 619. The lowest BCUT2D eigenvalue weighted by Gasteiger charge is -2.07. The van der Waals surface area contributed by atoms with Gasteiger partial charge in [-0.05, 0) is 24.5 Å². The van der Waals surface area contributed by atoms with Gasteiger partial charge in [0.2, 0.25) is 10.0 Å². The van der Waals surface area contributed by atoms with Gasteiger partial charge in [0.05, 0.1) is 5.75 Å². The number of halogens is 1. The fraction of sp³-hybridized carbons (Fsp3) is 0.600. The van der Waals surface area contributed by atoms with Gasteiger partial charge in [-0.25, -0.2) is 21.6 Å². The first kappa shape index (κ1) is 16.9. The summed E-state index contributed by atoms with van der Waals surface area (Å²) in [5.74, 6) is 0.144. The highest BCUT2D eigenvalue weighted by atomic mass is 35.7. The van der Waals surface area contributed by atoms with E-state index in [4.69, 9.17) is 10.7 Å². The van der Waals surface area contributed by atoms with E-state index in [2.05, 4.69) is 4.72 Å². The molecule has 1 aromatic heterocycles. The van der Waals surface area contributed by atoms with Crippen molar-refractivity contribution in [2.24, 2.45) is 5.92 Å². The molecule has 0 radical (unpaired) electrons. The van der Waals surface area contributed by atoms with Crippen LogP contribution in [0.4, 0.5) is 0 Å². The standard InChI is InChI=1S/C10H16ClNO4S3/c1-8(2)7-18(13,14)12-6-5-9-3-4-10(17-9)19(11,15)16/h3-4,8,12H,5-7H2,1-2H3. The minimum absolute atomic E-state index is 0.0623. The van der Waals surface area contributed by atoms with Crippen molar-refractivity contribution in [3.8, 4) is 0 Å². The highest BCUT2D eigenvalue weighted by molar-refractivity contribution is 8.15. The molecule has 0 amide bonds. The summed E-state index contributed by atoms with van der Waals surface area (Å²) >= 11 is 1.05. The first-order valence-electron chi connectivity index (χ1n) is 5.61. The molecule has 0 aliphatic rings. The molecule has 5 nitrogen and oxygen atoms in total. The SMILES string of the molecule is CC(C)CS(=O)(=O)NCCc1ccc(S(=O)(=O)Cl)s1. The second kappa shape index (κ2) is 6.53. The van der Waals surface area contributed by atoms with Crippen LogP contribution in [0.1, 0.15) is 18.7 Å². The Labute approximate surface area is 122 Å². The maximum Gasteiger partial charge on any atom is 0.270 e. The molecule has 0 saturated carbocycles. The number of thiophene rings is 1. The topological polar surface area (TPSA) is 80.3 Å². The quantitative estimate of drug-likeness (QED) is 0.764. The van der Waals surface area contributed by atoms with Crippen LogP contribution in [0.3, 0.4) is 0 Å². The van der Waals surface area contributed by atoms with Gasteiger partial charge in [0.15, 0.2) is 0 Å². The normalized spacial score (nSPS) is 13.1. The van der Waals surface area contributed by atoms with Crippen molar-refractivity contribution in [2.45, 2.75) is 24.5 Å². The van der Waals surface area contributed by atoms with E-state index in [0.29, 0.717) is 6.42 Å². The zero-order chi connectivity index (χ0) is 14.7. The van der Waals surface area contributed by atoms with Gasteiger partial charge >= 0.3 is 0 Å². The van der Waals surface area contributed by atoms with Crippen molar-refractivity contribution in [1.82, 2.24) is 4.72 Å². The van der Waals surface area contributed by atoms with Gasteiger partial charge in [0, 0.05) is 22.1 Å². The fourth-order valence-electron chi connectivity index (χ4n) is 1.45. The molecule has 1 rings (SSSR count). The molecule has 1 N–H and O–H groups in total. The Morgan fingerprint density at radius 2 is 1.89 bits per heavy atom. The third-order valence-electron chi connectivity index (χ3n) is 2.12. The molecule has 0 spiro atoms. The Morgan fingerprint density at radius 1 is 1.26 bits per heavy atom. The summed E-state index contributed by atoms with van der Waals surface area (Å²) in [5, 5.41) is 0. The second-order valence-electron chi connectivity index (χ2n) is 4.48. The van der Waals surface area contributed by atoms with Crippen molar-refractivity contribution >= 4 is 41.1 Å². The summed E-state index contributed by atoms with van der Waals surface area (Å²) in [6, 6.07) is 3.06. The Balaban J connectivity index is 2.53. The molecular formula is C10H16ClNO4S3. The zero-order valence-corrected chi connectivity index (χ0v) is 13.8. The number of hydrogen-bond acceptors (Lipinski definition) is 5. The van der Waals surface area contributed by atoms with Crippen LogP contribution >= 0.6 is 22.0 Å². The summed E-state index contributed by atoms with van der Waals surface area (Å²) in [7, 11) is -1.75. The monoisotopic (exact) mass is 345 g/mol. The van der Waals surface area contributed by atoms with Gasteiger partial charge < -0.3 is 0 Å². The molecular weight excluding hydrogens is 330 g/mol. The van der Waals surface area contributed by atoms with Crippen LogP contribution in [0.5, 0.6) is 0 Å². The molecule has 9 heteroatoms. The van der Waals surface area contributed by atoms with Gasteiger partial charge in [-0.15, -0.1) is 11.3 Å². The van der Waals surface area contributed by atoms with E-state index in [1.165, 1.54) is 6.07 Å². The van der Waals surface area contributed by atoms with E-state index in [1.54, 1.807) is 6.07 Å². The van der Waals surface area contributed by atoms with Crippen LogP contribution in [0.25, 0.3) is 0 Å². The summed E-state index contributed by atoms with van der Waals surface area (Å²) in [6.07, 6.45) is 0.439. The molecule has 0 unspecified atom stereocenters. The van der Waals surface area contributed by atoms with Gasteiger partial charge in [-0.3, -0.25) is 0 Å². The number of hydrogen-bond donors (Lipinski definition) is 1. The van der Waals surface area contributed by atoms with Crippen LogP contribution in [0.2, 0.25) is 0 Å². The maximum atomic E-state index is 11.6. The lowest BCUT2D eigenvalue weighted by molar-refractivity contribution is 0.568. The van der Waals surface area contributed by atoms with Crippen molar-refractivity contribution in [3.05, 3.63) is 17.0 Å². The predicted molar refractivity (Wildman–Crippen MR) is 77.7 cm³/mol. The van der Waals surface area contributed by atoms with Crippen LogP contribution in [0, 0.1) is 5.92 Å². The molecule has 19 heavy (non-hydrogen) atoms. The summed E-state index contributed by atoms with van der Waals surface area (Å²) < 4.78 is 47.8. The predicted octanol–water partition coefficient (Wildman–Crippen LogP) is 1.79. The Morgan fingerprint density at radius 3 is 2.37 bits per heavy atom. The number of sulfonamides is 1. The number of nitrogens with one attached hydrogen (secondary N) is 1. The van der Waals surface area contributed by atoms with E-state index >= 15 is 0 Å². The van der Waals surface area contributed by atoms with Crippen molar-refractivity contribution in [3.63, 3.8) is 0 Å². The highest BCUT2D eigenvalue weighted by Gasteiger charge is 2.14. The van der Waals surface area contributed by atoms with Gasteiger partial charge in [0.1, 0.15) is 4.21 Å². The largest absolute Gasteiger partial charge is 0.270 e. The molecule has 0 aromatic carbocycles. The van der Waals surface area contributed by atoms with Crippen molar-refractivity contribution < 1.29 is 16.8 Å². The second-order valence-corrected chi connectivity index (χ2v) is 10.3. The van der Waals surface area contributed by atoms with Crippen molar-refractivity contribution in [1.29, 1.82) is 0 Å². The Kier molecular flexibility index (Phi) is 5.81. The molecule has 0 fully saturated rings. The average Bonchev–Trinajstić information content (AvgIpc) is 2.62. The van der Waals surface area contributed by atoms with Crippen LogP contribution < -0.4 is 4.72 Å². The first-order chi connectivity index (χ1) is 8.60. The Hall–Kier alpha value is -0.150. The molecule has 1 aromatic rings. The molecule has 0 aliphatic heterocycles. The average molecular weight is 346 g/mol. The molecule has 0 atom stereocenters. The van der Waals surface area contributed by atoms with Gasteiger partial charge in [-0.1, -0.05) is 13.8 Å². The summed E-state index contributed by atoms with van der Waals surface area (Å²) in [6.45, 7) is 3.91. The minimum Gasteiger partial charge on any atom is -0.215 e.